The Hall–Kier alpha value is -0.610. The summed E-state index contributed by atoms with van der Waals surface area (Å²) in [5, 5.41) is 3.19. The second kappa shape index (κ2) is 5.83. The molecule has 2 unspecified atom stereocenters. The molecule has 2 fully saturated rings. The van der Waals surface area contributed by atoms with Crippen LogP contribution in [0.3, 0.4) is 0 Å². The van der Waals surface area contributed by atoms with Crippen LogP contribution < -0.4 is 11.1 Å². The Morgan fingerprint density at radius 1 is 1.29 bits per heavy atom. The summed E-state index contributed by atoms with van der Waals surface area (Å²) in [6.07, 6.45) is 7.15. The predicted molar refractivity (Wildman–Crippen MR) is 68.6 cm³/mol. The number of likely N-dealkylation sites (tertiary alicyclic amines) is 1. The molecule has 2 aliphatic rings. The van der Waals surface area contributed by atoms with E-state index in [1.54, 1.807) is 0 Å². The molecule has 2 rings (SSSR count). The summed E-state index contributed by atoms with van der Waals surface area (Å²) in [5.41, 5.74) is 5.87. The molecule has 4 nitrogen and oxygen atoms in total. The second-order valence-corrected chi connectivity index (χ2v) is 5.56. The molecule has 0 radical (unpaired) electrons. The summed E-state index contributed by atoms with van der Waals surface area (Å²) in [4.78, 5) is 14.3. The average molecular weight is 239 g/mol. The molecule has 0 spiro atoms. The van der Waals surface area contributed by atoms with Crippen LogP contribution in [0.1, 0.15) is 45.4 Å². The van der Waals surface area contributed by atoms with Crippen molar-refractivity contribution in [3.63, 3.8) is 0 Å². The highest BCUT2D eigenvalue weighted by atomic mass is 16.2. The number of amides is 1. The summed E-state index contributed by atoms with van der Waals surface area (Å²) in [7, 11) is 0. The van der Waals surface area contributed by atoms with Crippen LogP contribution in [0.15, 0.2) is 0 Å². The van der Waals surface area contributed by atoms with Gasteiger partial charge in [-0.2, -0.15) is 0 Å². The molecular formula is C13H25N3O. The molecular weight excluding hydrogens is 214 g/mol. The zero-order valence-corrected chi connectivity index (χ0v) is 10.8. The molecule has 4 heteroatoms. The number of rotatable bonds is 3. The van der Waals surface area contributed by atoms with Crippen LogP contribution in [0.4, 0.5) is 0 Å². The highest BCUT2D eigenvalue weighted by Crippen LogP contribution is 2.18. The van der Waals surface area contributed by atoms with Gasteiger partial charge >= 0.3 is 0 Å². The minimum atomic E-state index is -0.0227. The van der Waals surface area contributed by atoms with Crippen LogP contribution in [0.25, 0.3) is 0 Å². The third-order valence-electron chi connectivity index (χ3n) is 4.13. The van der Waals surface area contributed by atoms with Gasteiger partial charge in [0.1, 0.15) is 0 Å². The van der Waals surface area contributed by atoms with Crippen molar-refractivity contribution in [3.05, 3.63) is 0 Å². The third kappa shape index (κ3) is 3.42. The largest absolute Gasteiger partial charge is 0.352 e. The lowest BCUT2D eigenvalue weighted by molar-refractivity contribution is -0.126. The molecule has 1 saturated heterocycles. The number of nitrogens with one attached hydrogen (secondary N) is 1. The van der Waals surface area contributed by atoms with E-state index in [1.807, 2.05) is 6.92 Å². The van der Waals surface area contributed by atoms with Crippen molar-refractivity contribution in [2.24, 2.45) is 5.73 Å². The topological polar surface area (TPSA) is 58.4 Å². The SMILES string of the molecule is CC(C(=O)NC1CCCCC1)N1CCC(N)C1. The second-order valence-electron chi connectivity index (χ2n) is 5.56. The van der Waals surface area contributed by atoms with Crippen LogP contribution in [0.5, 0.6) is 0 Å². The Bertz CT molecular complexity index is 263. The molecule has 3 N–H and O–H groups in total. The first kappa shape index (κ1) is 12.8. The molecule has 0 aromatic heterocycles. The summed E-state index contributed by atoms with van der Waals surface area (Å²) < 4.78 is 0. The molecule has 0 aromatic carbocycles. The van der Waals surface area contributed by atoms with Gasteiger partial charge in [0, 0.05) is 25.2 Å². The minimum Gasteiger partial charge on any atom is -0.352 e. The fraction of sp³-hybridized carbons (Fsp3) is 0.923. The highest BCUT2D eigenvalue weighted by Gasteiger charge is 2.28. The van der Waals surface area contributed by atoms with E-state index >= 15 is 0 Å². The number of hydrogen-bond acceptors (Lipinski definition) is 3. The molecule has 0 aromatic rings. The molecule has 1 aliphatic heterocycles. The third-order valence-corrected chi connectivity index (χ3v) is 4.13. The standard InChI is InChI=1S/C13H25N3O/c1-10(16-8-7-11(14)9-16)13(17)15-12-5-3-2-4-6-12/h10-12H,2-9,14H2,1H3,(H,15,17). The Labute approximate surface area is 104 Å². The van der Waals surface area contributed by atoms with E-state index in [2.05, 4.69) is 10.2 Å². The van der Waals surface area contributed by atoms with Gasteiger partial charge in [-0.15, -0.1) is 0 Å². The van der Waals surface area contributed by atoms with Crippen LogP contribution in [-0.2, 0) is 4.79 Å². The van der Waals surface area contributed by atoms with E-state index < -0.39 is 0 Å². The molecule has 0 bridgehead atoms. The lowest BCUT2D eigenvalue weighted by atomic mass is 9.95. The van der Waals surface area contributed by atoms with Crippen LogP contribution in [0.2, 0.25) is 0 Å². The van der Waals surface area contributed by atoms with Gasteiger partial charge in [-0.3, -0.25) is 9.69 Å². The summed E-state index contributed by atoms with van der Waals surface area (Å²) in [6, 6.07) is 0.639. The Morgan fingerprint density at radius 3 is 2.59 bits per heavy atom. The molecule has 17 heavy (non-hydrogen) atoms. The van der Waals surface area contributed by atoms with Crippen molar-refractivity contribution in [1.82, 2.24) is 10.2 Å². The Balaban J connectivity index is 1.78. The average Bonchev–Trinajstić information content (AvgIpc) is 2.76. The van der Waals surface area contributed by atoms with Crippen molar-refractivity contribution >= 4 is 5.91 Å². The van der Waals surface area contributed by atoms with Crippen LogP contribution in [0, 0.1) is 0 Å². The van der Waals surface area contributed by atoms with E-state index in [9.17, 15) is 4.79 Å². The van der Waals surface area contributed by atoms with E-state index in [0.717, 1.165) is 32.4 Å². The van der Waals surface area contributed by atoms with Crippen molar-refractivity contribution in [3.8, 4) is 0 Å². The maximum Gasteiger partial charge on any atom is 0.237 e. The quantitative estimate of drug-likeness (QED) is 0.768. The normalized spacial score (nSPS) is 29.2. The lowest BCUT2D eigenvalue weighted by Crippen LogP contribution is -2.48. The van der Waals surface area contributed by atoms with Crippen molar-refractivity contribution in [2.75, 3.05) is 13.1 Å². The summed E-state index contributed by atoms with van der Waals surface area (Å²) >= 11 is 0. The molecule has 2 atom stereocenters. The molecule has 98 valence electrons. The van der Waals surface area contributed by atoms with Gasteiger partial charge in [0.15, 0.2) is 0 Å². The summed E-state index contributed by atoms with van der Waals surface area (Å²) in [6.45, 7) is 3.82. The Kier molecular flexibility index (Phi) is 4.40. The van der Waals surface area contributed by atoms with Gasteiger partial charge in [-0.1, -0.05) is 19.3 Å². The first-order valence-corrected chi connectivity index (χ1v) is 6.97. The highest BCUT2D eigenvalue weighted by molar-refractivity contribution is 5.81. The Morgan fingerprint density at radius 2 is 2.00 bits per heavy atom. The van der Waals surface area contributed by atoms with Gasteiger partial charge < -0.3 is 11.1 Å². The molecule has 1 saturated carbocycles. The summed E-state index contributed by atoms with van der Waals surface area (Å²) in [5.74, 6) is 0.186. The van der Waals surface area contributed by atoms with Gasteiger partial charge in [0.05, 0.1) is 6.04 Å². The van der Waals surface area contributed by atoms with E-state index in [4.69, 9.17) is 5.73 Å². The molecule has 1 aliphatic carbocycles. The van der Waals surface area contributed by atoms with Crippen LogP contribution >= 0.6 is 0 Å². The van der Waals surface area contributed by atoms with Crippen LogP contribution in [-0.4, -0.2) is 42.0 Å². The van der Waals surface area contributed by atoms with E-state index in [-0.39, 0.29) is 18.0 Å². The number of carbonyl (C=O) groups is 1. The molecule has 1 amide bonds. The number of hydrogen-bond donors (Lipinski definition) is 2. The van der Waals surface area contributed by atoms with Crippen molar-refractivity contribution < 1.29 is 4.79 Å². The first-order valence-electron chi connectivity index (χ1n) is 6.97. The fourth-order valence-electron chi connectivity index (χ4n) is 2.90. The van der Waals surface area contributed by atoms with Gasteiger partial charge in [-0.25, -0.2) is 0 Å². The number of carbonyl (C=O) groups excluding carboxylic acids is 1. The first-order chi connectivity index (χ1) is 8.16. The number of nitrogens with zero attached hydrogens (tertiary/aromatic N) is 1. The van der Waals surface area contributed by atoms with Gasteiger partial charge in [-0.05, 0) is 26.2 Å². The molecule has 1 heterocycles. The maximum atomic E-state index is 12.1. The zero-order chi connectivity index (χ0) is 12.3. The maximum absolute atomic E-state index is 12.1. The van der Waals surface area contributed by atoms with Crippen molar-refractivity contribution in [1.29, 1.82) is 0 Å². The smallest absolute Gasteiger partial charge is 0.237 e. The van der Waals surface area contributed by atoms with Gasteiger partial charge in [0.2, 0.25) is 5.91 Å². The minimum absolute atomic E-state index is 0.0227. The van der Waals surface area contributed by atoms with Gasteiger partial charge in [0.25, 0.3) is 0 Å². The zero-order valence-electron chi connectivity index (χ0n) is 10.8. The van der Waals surface area contributed by atoms with E-state index in [1.165, 1.54) is 19.3 Å². The fourth-order valence-corrected chi connectivity index (χ4v) is 2.90. The monoisotopic (exact) mass is 239 g/mol. The number of nitrogens with two attached hydrogens (primary N) is 1. The van der Waals surface area contributed by atoms with E-state index in [0.29, 0.717) is 6.04 Å². The predicted octanol–water partition coefficient (Wildman–Crippen LogP) is 0.857. The van der Waals surface area contributed by atoms with Crippen molar-refractivity contribution in [2.45, 2.75) is 63.6 Å². The lowest BCUT2D eigenvalue weighted by Gasteiger charge is -2.28.